The van der Waals surface area contributed by atoms with E-state index < -0.39 is 88.1 Å². The number of esters is 1. The average molecular weight is 510 g/mol. The number of ether oxygens (including phenoxy) is 1. The topological polar surface area (TPSA) is 181 Å². The molecule has 11 heteroatoms. The van der Waals surface area contributed by atoms with Gasteiger partial charge >= 0.3 is 5.97 Å². The maximum atomic E-state index is 14.0. The number of nitrogens with zero attached hydrogens (tertiary/aromatic N) is 1. The van der Waals surface area contributed by atoms with Crippen LogP contribution in [0.3, 0.4) is 0 Å². The van der Waals surface area contributed by atoms with Gasteiger partial charge in [0.2, 0.25) is 5.91 Å². The Hall–Kier alpha value is -3.70. The largest absolute Gasteiger partial charge is 0.507 e. The number of ketones is 4. The molecule has 0 bridgehead atoms. The molecule has 3 fully saturated rings. The predicted molar refractivity (Wildman–Crippen MR) is 125 cm³/mol. The Morgan fingerprint density at radius 2 is 1.78 bits per heavy atom. The van der Waals surface area contributed by atoms with Crippen LogP contribution in [0.5, 0.6) is 5.75 Å². The fraction of sp³-hybridized carbons (Fsp3) is 0.462. The Bertz CT molecular complexity index is 1310. The molecule has 0 radical (unpaired) electrons. The molecule has 4 aliphatic rings. The molecule has 2 unspecified atom stereocenters. The molecule has 3 saturated carbocycles. The molecular formula is C26H26N2O9. The van der Waals surface area contributed by atoms with Gasteiger partial charge in [-0.05, 0) is 44.1 Å². The van der Waals surface area contributed by atoms with E-state index in [1.54, 1.807) is 0 Å². The minimum atomic E-state index is -3.05. The second kappa shape index (κ2) is 8.15. The first-order valence-electron chi connectivity index (χ1n) is 11.9. The molecule has 5 rings (SSSR count). The quantitative estimate of drug-likeness (QED) is 0.345. The zero-order valence-electron chi connectivity index (χ0n) is 20.2. The number of likely N-dealkylation sites (N-methyl/N-ethyl adjacent to an activating group) is 1. The maximum Gasteiger partial charge on any atom is 0.309 e. The zero-order chi connectivity index (χ0) is 27.1. The summed E-state index contributed by atoms with van der Waals surface area (Å²) in [5, 5.41) is 22.3. The first-order valence-corrected chi connectivity index (χ1v) is 11.9. The summed E-state index contributed by atoms with van der Waals surface area (Å²) in [5.74, 6) is -14.2. The van der Waals surface area contributed by atoms with E-state index in [0.717, 1.165) is 0 Å². The van der Waals surface area contributed by atoms with Gasteiger partial charge in [0.1, 0.15) is 11.9 Å². The van der Waals surface area contributed by atoms with Crippen molar-refractivity contribution in [2.24, 2.45) is 35.3 Å². The van der Waals surface area contributed by atoms with Gasteiger partial charge in [-0.15, -0.1) is 0 Å². The van der Waals surface area contributed by atoms with E-state index in [4.69, 9.17) is 10.5 Å². The summed E-state index contributed by atoms with van der Waals surface area (Å²) in [6, 6.07) is 2.80. The fourth-order valence-corrected chi connectivity index (χ4v) is 6.23. The van der Waals surface area contributed by atoms with E-state index in [1.807, 2.05) is 0 Å². The van der Waals surface area contributed by atoms with Crippen LogP contribution in [0.4, 0.5) is 0 Å². The molecule has 4 N–H and O–H groups in total. The van der Waals surface area contributed by atoms with Gasteiger partial charge in [-0.25, -0.2) is 0 Å². The maximum absolute atomic E-state index is 14.0. The molecule has 11 nitrogen and oxygen atoms in total. The van der Waals surface area contributed by atoms with Crippen LogP contribution >= 0.6 is 0 Å². The number of hydrogen-bond acceptors (Lipinski definition) is 10. The van der Waals surface area contributed by atoms with Crippen LogP contribution in [-0.2, 0) is 28.7 Å². The molecule has 37 heavy (non-hydrogen) atoms. The van der Waals surface area contributed by atoms with E-state index >= 15 is 0 Å². The lowest BCUT2D eigenvalue weighted by Gasteiger charge is -2.55. The number of carbonyl (C=O) groups excluding carboxylic acids is 6. The number of phenolic OH excluding ortho intramolecular Hbond substituents is 1. The molecule has 0 heterocycles. The highest BCUT2D eigenvalue weighted by molar-refractivity contribution is 6.33. The summed E-state index contributed by atoms with van der Waals surface area (Å²) in [6.07, 6.45) is -0.382. The summed E-state index contributed by atoms with van der Waals surface area (Å²) >= 11 is 0. The standard InChI is InChI=1S/C26H26N2O9/c1-9-11-5-4-6-12(29)14(11)19(30)15-13(9)21(37-25(35)10-7-8-10)17-18(28(2)3)20(31)16(24(27)34)23(33)26(17,36)22(15)32/h4-6,10,13,15-18,21,29,36H,1,7-8H2,2-3H3,(H2,27,34)/t13-,15?,16?,17-,18+,21+,26+/m0/s1. The number of phenols is 1. The highest BCUT2D eigenvalue weighted by Gasteiger charge is 2.73. The molecule has 0 aliphatic heterocycles. The van der Waals surface area contributed by atoms with Crippen LogP contribution in [0.25, 0.3) is 5.57 Å². The van der Waals surface area contributed by atoms with E-state index in [9.17, 15) is 39.0 Å². The van der Waals surface area contributed by atoms with Crippen molar-refractivity contribution >= 4 is 40.6 Å². The van der Waals surface area contributed by atoms with Crippen molar-refractivity contribution in [2.45, 2.75) is 30.6 Å². The van der Waals surface area contributed by atoms with Crippen molar-refractivity contribution in [2.75, 3.05) is 14.1 Å². The summed E-state index contributed by atoms with van der Waals surface area (Å²) in [5.41, 5.74) is 2.48. The van der Waals surface area contributed by atoms with E-state index in [2.05, 4.69) is 6.58 Å². The van der Waals surface area contributed by atoms with Crippen LogP contribution in [0, 0.1) is 29.6 Å². The number of hydrogen-bond donors (Lipinski definition) is 3. The minimum Gasteiger partial charge on any atom is -0.507 e. The number of carbonyl (C=O) groups is 6. The molecule has 1 aromatic carbocycles. The van der Waals surface area contributed by atoms with E-state index in [-0.39, 0.29) is 16.7 Å². The molecule has 0 saturated heterocycles. The van der Waals surface area contributed by atoms with E-state index in [1.165, 1.54) is 37.2 Å². The number of aromatic hydroxyl groups is 1. The average Bonchev–Trinajstić information content (AvgIpc) is 3.66. The molecule has 194 valence electrons. The van der Waals surface area contributed by atoms with Gasteiger partial charge in [0.25, 0.3) is 0 Å². The Labute approximate surface area is 211 Å². The Morgan fingerprint density at radius 1 is 1.14 bits per heavy atom. The SMILES string of the molecule is C=C1c2cccc(O)c2C(=O)C2C(=O)[C@@]3(O)C(=O)C(C(N)=O)C(=O)[C@H](N(C)C)[C@H]3[C@H](OC(=O)C3CC3)[C@@H]12. The highest BCUT2D eigenvalue weighted by Crippen LogP contribution is 2.55. The molecule has 1 aromatic rings. The van der Waals surface area contributed by atoms with Gasteiger partial charge in [0.05, 0.1) is 29.4 Å². The Kier molecular flexibility index (Phi) is 5.50. The smallest absolute Gasteiger partial charge is 0.309 e. The Morgan fingerprint density at radius 3 is 2.35 bits per heavy atom. The van der Waals surface area contributed by atoms with Crippen LogP contribution in [-0.4, -0.2) is 82.0 Å². The molecule has 1 amide bonds. The number of Topliss-reactive ketones (excluding diaryl/α,β-unsaturated/α-hetero) is 4. The van der Waals surface area contributed by atoms with Crippen LogP contribution in [0.15, 0.2) is 24.8 Å². The minimum absolute atomic E-state index is 0.175. The monoisotopic (exact) mass is 510 g/mol. The van der Waals surface area contributed by atoms with Crippen molar-refractivity contribution in [3.63, 3.8) is 0 Å². The van der Waals surface area contributed by atoms with Gasteiger partial charge in [0.15, 0.2) is 34.7 Å². The van der Waals surface area contributed by atoms with Crippen molar-refractivity contribution in [3.05, 3.63) is 35.9 Å². The third kappa shape index (κ3) is 3.27. The van der Waals surface area contributed by atoms with Crippen LogP contribution in [0.1, 0.15) is 28.8 Å². The van der Waals surface area contributed by atoms with Crippen molar-refractivity contribution in [1.29, 1.82) is 0 Å². The van der Waals surface area contributed by atoms with Gasteiger partial charge in [0, 0.05) is 5.92 Å². The summed E-state index contributed by atoms with van der Waals surface area (Å²) in [4.78, 5) is 81.0. The number of rotatable bonds is 4. The molecule has 4 aliphatic carbocycles. The second-order valence-electron chi connectivity index (χ2n) is 10.4. The lowest BCUT2D eigenvalue weighted by molar-refractivity contribution is -0.201. The summed E-state index contributed by atoms with van der Waals surface area (Å²) in [7, 11) is 2.89. The summed E-state index contributed by atoms with van der Waals surface area (Å²) in [6.45, 7) is 4.03. The number of aliphatic hydroxyl groups is 1. The van der Waals surface area contributed by atoms with Crippen molar-refractivity contribution < 1.29 is 43.7 Å². The third-order valence-electron chi connectivity index (χ3n) is 8.08. The molecule has 0 aromatic heterocycles. The summed E-state index contributed by atoms with van der Waals surface area (Å²) < 4.78 is 5.83. The number of fused-ring (bicyclic) bond motifs is 3. The van der Waals surface area contributed by atoms with Crippen LogP contribution in [0.2, 0.25) is 0 Å². The van der Waals surface area contributed by atoms with E-state index in [0.29, 0.717) is 12.8 Å². The van der Waals surface area contributed by atoms with Gasteiger partial charge < -0.3 is 20.7 Å². The molecule has 7 atom stereocenters. The highest BCUT2D eigenvalue weighted by atomic mass is 16.5. The Balaban J connectivity index is 1.77. The van der Waals surface area contributed by atoms with Crippen molar-refractivity contribution in [3.8, 4) is 5.75 Å². The van der Waals surface area contributed by atoms with Gasteiger partial charge in [-0.1, -0.05) is 18.7 Å². The van der Waals surface area contributed by atoms with Crippen molar-refractivity contribution in [1.82, 2.24) is 4.90 Å². The normalized spacial score (nSPS) is 35.1. The lowest BCUT2D eigenvalue weighted by Crippen LogP contribution is -2.77. The number of nitrogens with two attached hydrogens (primary N) is 1. The number of primary amides is 1. The van der Waals surface area contributed by atoms with Gasteiger partial charge in [-0.2, -0.15) is 0 Å². The number of amides is 1. The lowest BCUT2D eigenvalue weighted by atomic mass is 9.50. The van der Waals surface area contributed by atoms with Crippen LogP contribution < -0.4 is 5.73 Å². The predicted octanol–water partition coefficient (Wildman–Crippen LogP) is -0.731. The first kappa shape index (κ1) is 25.0. The second-order valence-corrected chi connectivity index (χ2v) is 10.4. The molecular weight excluding hydrogens is 484 g/mol. The first-order chi connectivity index (χ1) is 17.3. The number of benzene rings is 1. The zero-order valence-corrected chi connectivity index (χ0v) is 20.2. The fourth-order valence-electron chi connectivity index (χ4n) is 6.23. The third-order valence-corrected chi connectivity index (χ3v) is 8.08. The van der Waals surface area contributed by atoms with Gasteiger partial charge in [-0.3, -0.25) is 33.7 Å². The molecule has 0 spiro atoms.